The van der Waals surface area contributed by atoms with Gasteiger partial charge in [0.05, 0.1) is 18.2 Å². The van der Waals surface area contributed by atoms with E-state index in [-0.39, 0.29) is 12.1 Å². The van der Waals surface area contributed by atoms with Crippen molar-refractivity contribution in [3.8, 4) is 0 Å². The topological polar surface area (TPSA) is 41.6 Å². The molecular formula is C12H20N2O2. The summed E-state index contributed by atoms with van der Waals surface area (Å²) in [6.45, 7) is 1.85. The maximum absolute atomic E-state index is 12.0. The number of urea groups is 1. The molecule has 3 rings (SSSR count). The van der Waals surface area contributed by atoms with Gasteiger partial charge in [-0.15, -0.1) is 0 Å². The Labute approximate surface area is 96.3 Å². The van der Waals surface area contributed by atoms with E-state index >= 15 is 0 Å². The van der Waals surface area contributed by atoms with Crippen molar-refractivity contribution >= 4 is 6.03 Å². The molecule has 3 atom stereocenters. The quantitative estimate of drug-likeness (QED) is 0.733. The Kier molecular flexibility index (Phi) is 2.75. The van der Waals surface area contributed by atoms with Crippen LogP contribution in [-0.2, 0) is 4.74 Å². The summed E-state index contributed by atoms with van der Waals surface area (Å²) in [4.78, 5) is 13.9. The zero-order valence-electron chi connectivity index (χ0n) is 9.65. The van der Waals surface area contributed by atoms with E-state index in [1.54, 1.807) is 0 Å². The number of hydrogen-bond acceptors (Lipinski definition) is 2. The van der Waals surface area contributed by atoms with Gasteiger partial charge in [-0.05, 0) is 38.5 Å². The van der Waals surface area contributed by atoms with E-state index in [0.29, 0.717) is 12.2 Å². The Balaban J connectivity index is 1.52. The second kappa shape index (κ2) is 4.24. The van der Waals surface area contributed by atoms with E-state index < -0.39 is 0 Å². The van der Waals surface area contributed by atoms with Crippen LogP contribution in [-0.4, -0.2) is 42.3 Å². The van der Waals surface area contributed by atoms with Gasteiger partial charge < -0.3 is 15.0 Å². The van der Waals surface area contributed by atoms with Gasteiger partial charge in [0.15, 0.2) is 0 Å². The number of ether oxygens (including phenoxy) is 1. The number of nitrogens with zero attached hydrogens (tertiary/aromatic N) is 1. The molecule has 3 saturated heterocycles. The molecule has 3 unspecified atom stereocenters. The SMILES string of the molecule is O=C(NC1CC2CCC1O2)N1CCCCC1. The number of likely N-dealkylation sites (tertiary alicyclic amines) is 1. The fourth-order valence-corrected chi connectivity index (χ4v) is 3.14. The van der Waals surface area contributed by atoms with Crippen molar-refractivity contribution in [3.05, 3.63) is 0 Å². The summed E-state index contributed by atoms with van der Waals surface area (Å²) in [5.41, 5.74) is 0. The van der Waals surface area contributed by atoms with Gasteiger partial charge in [-0.1, -0.05) is 0 Å². The van der Waals surface area contributed by atoms with Crippen LogP contribution in [0.1, 0.15) is 38.5 Å². The smallest absolute Gasteiger partial charge is 0.317 e. The zero-order valence-corrected chi connectivity index (χ0v) is 9.65. The van der Waals surface area contributed by atoms with E-state index in [1.165, 1.54) is 12.8 Å². The van der Waals surface area contributed by atoms with Crippen LogP contribution in [0.2, 0.25) is 0 Å². The predicted octanol–water partition coefficient (Wildman–Crippen LogP) is 1.50. The highest BCUT2D eigenvalue weighted by molar-refractivity contribution is 5.74. The summed E-state index contributed by atoms with van der Waals surface area (Å²) in [6, 6.07) is 0.397. The second-order valence-corrected chi connectivity index (χ2v) is 5.21. The maximum atomic E-state index is 12.0. The number of piperidine rings is 1. The molecular weight excluding hydrogens is 204 g/mol. The number of fused-ring (bicyclic) bond motifs is 2. The summed E-state index contributed by atoms with van der Waals surface area (Å²) < 4.78 is 5.74. The van der Waals surface area contributed by atoms with Crippen molar-refractivity contribution in [3.63, 3.8) is 0 Å². The Morgan fingerprint density at radius 3 is 2.62 bits per heavy atom. The first-order valence-corrected chi connectivity index (χ1v) is 6.54. The summed E-state index contributed by atoms with van der Waals surface area (Å²) in [5.74, 6) is 0. The fraction of sp³-hybridized carbons (Fsp3) is 0.917. The van der Waals surface area contributed by atoms with Crippen molar-refractivity contribution in [1.82, 2.24) is 10.2 Å². The minimum Gasteiger partial charge on any atom is -0.373 e. The molecule has 0 aliphatic carbocycles. The van der Waals surface area contributed by atoms with Gasteiger partial charge in [0.2, 0.25) is 0 Å². The summed E-state index contributed by atoms with van der Waals surface area (Å²) in [6.07, 6.45) is 7.60. The molecule has 0 radical (unpaired) electrons. The molecule has 4 nitrogen and oxygen atoms in total. The third kappa shape index (κ3) is 1.90. The molecule has 2 bridgehead atoms. The van der Waals surface area contributed by atoms with E-state index in [2.05, 4.69) is 5.32 Å². The zero-order chi connectivity index (χ0) is 11.0. The van der Waals surface area contributed by atoms with Gasteiger partial charge in [0.25, 0.3) is 0 Å². The summed E-state index contributed by atoms with van der Waals surface area (Å²) in [5, 5.41) is 3.14. The molecule has 0 spiro atoms. The number of amides is 2. The minimum absolute atomic E-state index is 0.126. The van der Waals surface area contributed by atoms with E-state index in [1.807, 2.05) is 4.90 Å². The largest absolute Gasteiger partial charge is 0.373 e. The standard InChI is InChI=1S/C12H20N2O2/c15-12(14-6-2-1-3-7-14)13-10-8-9-4-5-11(10)16-9/h9-11H,1-8H2,(H,13,15). The van der Waals surface area contributed by atoms with Crippen molar-refractivity contribution in [2.45, 2.75) is 56.8 Å². The molecule has 3 aliphatic heterocycles. The highest BCUT2D eigenvalue weighted by atomic mass is 16.5. The van der Waals surface area contributed by atoms with Crippen LogP contribution in [0.25, 0.3) is 0 Å². The first-order chi connectivity index (χ1) is 7.83. The monoisotopic (exact) mass is 224 g/mol. The lowest BCUT2D eigenvalue weighted by Crippen LogP contribution is -2.49. The van der Waals surface area contributed by atoms with Gasteiger partial charge in [-0.3, -0.25) is 0 Å². The molecule has 3 fully saturated rings. The van der Waals surface area contributed by atoms with Gasteiger partial charge in [0, 0.05) is 13.1 Å². The Morgan fingerprint density at radius 2 is 2.00 bits per heavy atom. The molecule has 3 heterocycles. The molecule has 0 aromatic rings. The lowest BCUT2D eigenvalue weighted by Gasteiger charge is -2.29. The van der Waals surface area contributed by atoms with E-state index in [0.717, 1.165) is 38.8 Å². The van der Waals surface area contributed by atoms with Crippen LogP contribution in [0.3, 0.4) is 0 Å². The Morgan fingerprint density at radius 1 is 1.19 bits per heavy atom. The average molecular weight is 224 g/mol. The van der Waals surface area contributed by atoms with Crippen LogP contribution in [0.15, 0.2) is 0 Å². The third-order valence-electron chi connectivity index (χ3n) is 4.06. The van der Waals surface area contributed by atoms with Crippen molar-refractivity contribution in [1.29, 1.82) is 0 Å². The molecule has 3 aliphatic rings. The highest BCUT2D eigenvalue weighted by Crippen LogP contribution is 2.34. The Bertz CT molecular complexity index is 276. The van der Waals surface area contributed by atoms with Crippen molar-refractivity contribution in [2.75, 3.05) is 13.1 Å². The van der Waals surface area contributed by atoms with Gasteiger partial charge >= 0.3 is 6.03 Å². The summed E-state index contributed by atoms with van der Waals surface area (Å²) >= 11 is 0. The molecule has 2 amide bonds. The van der Waals surface area contributed by atoms with Gasteiger partial charge in [0.1, 0.15) is 0 Å². The number of nitrogens with one attached hydrogen (secondary N) is 1. The molecule has 1 N–H and O–H groups in total. The van der Waals surface area contributed by atoms with Crippen molar-refractivity contribution in [2.24, 2.45) is 0 Å². The third-order valence-corrected chi connectivity index (χ3v) is 4.06. The molecule has 4 heteroatoms. The molecule has 16 heavy (non-hydrogen) atoms. The van der Waals surface area contributed by atoms with E-state index in [4.69, 9.17) is 4.74 Å². The van der Waals surface area contributed by atoms with Crippen molar-refractivity contribution < 1.29 is 9.53 Å². The summed E-state index contributed by atoms with van der Waals surface area (Å²) in [7, 11) is 0. The maximum Gasteiger partial charge on any atom is 0.317 e. The number of carbonyl (C=O) groups is 1. The van der Waals surface area contributed by atoms with Crippen LogP contribution in [0.4, 0.5) is 4.79 Å². The van der Waals surface area contributed by atoms with Crippen LogP contribution < -0.4 is 5.32 Å². The average Bonchev–Trinajstić information content (AvgIpc) is 2.92. The van der Waals surface area contributed by atoms with E-state index in [9.17, 15) is 4.79 Å². The lowest BCUT2D eigenvalue weighted by atomic mass is 9.96. The van der Waals surface area contributed by atoms with Gasteiger partial charge in [-0.25, -0.2) is 4.79 Å². The van der Waals surface area contributed by atoms with Crippen LogP contribution in [0, 0.1) is 0 Å². The van der Waals surface area contributed by atoms with Crippen LogP contribution >= 0.6 is 0 Å². The second-order valence-electron chi connectivity index (χ2n) is 5.21. The first kappa shape index (κ1) is 10.4. The molecule has 90 valence electrons. The molecule has 0 aromatic heterocycles. The normalized spacial score (nSPS) is 37.8. The molecule has 0 aromatic carbocycles. The highest BCUT2D eigenvalue weighted by Gasteiger charge is 2.41. The number of rotatable bonds is 1. The number of hydrogen-bond donors (Lipinski definition) is 1. The van der Waals surface area contributed by atoms with Gasteiger partial charge in [-0.2, -0.15) is 0 Å². The fourth-order valence-electron chi connectivity index (χ4n) is 3.14. The molecule has 0 saturated carbocycles. The van der Waals surface area contributed by atoms with Crippen LogP contribution in [0.5, 0.6) is 0 Å². The Hall–Kier alpha value is -0.770. The lowest BCUT2D eigenvalue weighted by molar-refractivity contribution is 0.0967. The first-order valence-electron chi connectivity index (χ1n) is 6.54. The number of carbonyl (C=O) groups excluding carboxylic acids is 1. The minimum atomic E-state index is 0.126. The predicted molar refractivity (Wildman–Crippen MR) is 60.3 cm³/mol.